The average Bonchev–Trinajstić information content (AvgIpc) is 2.37. The maximum absolute atomic E-state index is 13.6. The van der Waals surface area contributed by atoms with Crippen LogP contribution in [-0.4, -0.2) is 0 Å². The lowest BCUT2D eigenvalue weighted by molar-refractivity contribution is 0.440. The molecule has 0 aliphatic carbocycles. The summed E-state index contributed by atoms with van der Waals surface area (Å²) in [5.74, 6) is -1.34. The van der Waals surface area contributed by atoms with E-state index >= 15 is 0 Å². The van der Waals surface area contributed by atoms with E-state index < -0.39 is 11.6 Å². The van der Waals surface area contributed by atoms with Gasteiger partial charge in [0.25, 0.3) is 0 Å². The zero-order chi connectivity index (χ0) is 13.1. The fourth-order valence-electron chi connectivity index (χ4n) is 1.36. The molecule has 0 spiro atoms. The van der Waals surface area contributed by atoms with E-state index in [-0.39, 0.29) is 22.1 Å². The Morgan fingerprint density at radius 3 is 2.61 bits per heavy atom. The lowest BCUT2D eigenvalue weighted by Crippen LogP contribution is -1.92. The summed E-state index contributed by atoms with van der Waals surface area (Å²) in [6, 6.07) is 9.42. The zero-order valence-electron chi connectivity index (χ0n) is 8.95. The van der Waals surface area contributed by atoms with E-state index in [1.165, 1.54) is 24.3 Å². The second kappa shape index (κ2) is 5.03. The molecule has 0 N–H and O–H groups in total. The van der Waals surface area contributed by atoms with E-state index in [0.717, 1.165) is 12.1 Å². The quantitative estimate of drug-likeness (QED) is 0.812. The first-order valence-corrected chi connectivity index (χ1v) is 5.31. The molecule has 0 radical (unpaired) electrons. The lowest BCUT2D eigenvalue weighted by atomic mass is 10.2. The normalized spacial score (nSPS) is 9.89. The number of benzene rings is 2. The highest BCUT2D eigenvalue weighted by Gasteiger charge is 2.11. The van der Waals surface area contributed by atoms with E-state index in [2.05, 4.69) is 0 Å². The Hall–Kier alpha value is -2.12. The van der Waals surface area contributed by atoms with Crippen molar-refractivity contribution in [3.63, 3.8) is 0 Å². The topological polar surface area (TPSA) is 33.0 Å². The predicted octanol–water partition coefficient (Wildman–Crippen LogP) is 4.28. The number of hydrogen-bond acceptors (Lipinski definition) is 2. The van der Waals surface area contributed by atoms with Gasteiger partial charge in [-0.25, -0.2) is 8.78 Å². The van der Waals surface area contributed by atoms with Gasteiger partial charge in [-0.1, -0.05) is 17.7 Å². The minimum absolute atomic E-state index is 0.0191. The van der Waals surface area contributed by atoms with E-state index in [9.17, 15) is 8.78 Å². The van der Waals surface area contributed by atoms with Crippen molar-refractivity contribution in [2.24, 2.45) is 0 Å². The van der Waals surface area contributed by atoms with Crippen molar-refractivity contribution in [3.8, 4) is 17.6 Å². The first-order valence-electron chi connectivity index (χ1n) is 4.93. The van der Waals surface area contributed by atoms with Gasteiger partial charge in [0.2, 0.25) is 0 Å². The SMILES string of the molecule is N#Cc1cc(F)ccc1Oc1cccc(Cl)c1F. The van der Waals surface area contributed by atoms with Crippen LogP contribution in [0, 0.1) is 23.0 Å². The molecule has 90 valence electrons. The largest absolute Gasteiger partial charge is 0.453 e. The average molecular weight is 266 g/mol. The number of nitrogens with zero attached hydrogens (tertiary/aromatic N) is 1. The summed E-state index contributed by atoms with van der Waals surface area (Å²) in [6.45, 7) is 0. The minimum atomic E-state index is -0.729. The molecule has 2 nitrogen and oxygen atoms in total. The molecule has 2 aromatic rings. The van der Waals surface area contributed by atoms with Gasteiger partial charge in [0.1, 0.15) is 17.6 Å². The molecule has 0 atom stereocenters. The molecule has 0 amide bonds. The summed E-state index contributed by atoms with van der Waals surface area (Å²) in [7, 11) is 0. The van der Waals surface area contributed by atoms with E-state index in [0.29, 0.717) is 0 Å². The number of nitriles is 1. The number of rotatable bonds is 2. The fourth-order valence-corrected chi connectivity index (χ4v) is 1.53. The molecule has 0 fully saturated rings. The molecule has 18 heavy (non-hydrogen) atoms. The van der Waals surface area contributed by atoms with Crippen LogP contribution in [0.5, 0.6) is 11.5 Å². The van der Waals surface area contributed by atoms with Crippen LogP contribution in [0.4, 0.5) is 8.78 Å². The highest BCUT2D eigenvalue weighted by atomic mass is 35.5. The first-order chi connectivity index (χ1) is 8.61. The standard InChI is InChI=1S/C13H6ClF2NO/c14-10-2-1-3-12(13(10)16)18-11-5-4-9(15)6-8(11)7-17/h1-6H. The predicted molar refractivity (Wildman–Crippen MR) is 62.6 cm³/mol. The summed E-state index contributed by atoms with van der Waals surface area (Å²) in [5, 5.41) is 8.74. The number of halogens is 3. The third kappa shape index (κ3) is 2.41. The van der Waals surface area contributed by atoms with Crippen LogP contribution >= 0.6 is 11.6 Å². The molecule has 0 aliphatic heterocycles. The zero-order valence-corrected chi connectivity index (χ0v) is 9.71. The summed E-state index contributed by atoms with van der Waals surface area (Å²) in [6.07, 6.45) is 0. The molecule has 0 aromatic heterocycles. The summed E-state index contributed by atoms with van der Waals surface area (Å²) >= 11 is 5.60. The van der Waals surface area contributed by atoms with E-state index in [4.69, 9.17) is 21.6 Å². The number of hydrogen-bond donors (Lipinski definition) is 0. The van der Waals surface area contributed by atoms with Crippen LogP contribution in [-0.2, 0) is 0 Å². The highest BCUT2D eigenvalue weighted by Crippen LogP contribution is 2.30. The maximum atomic E-state index is 13.6. The van der Waals surface area contributed by atoms with Gasteiger partial charge in [-0.2, -0.15) is 5.26 Å². The Balaban J connectivity index is 2.41. The summed E-state index contributed by atoms with van der Waals surface area (Å²) in [4.78, 5) is 0. The molecule has 0 unspecified atom stereocenters. The van der Waals surface area contributed by atoms with Gasteiger partial charge in [-0.05, 0) is 30.3 Å². The van der Waals surface area contributed by atoms with Gasteiger partial charge in [0.15, 0.2) is 11.6 Å². The third-order valence-electron chi connectivity index (χ3n) is 2.20. The van der Waals surface area contributed by atoms with Crippen LogP contribution in [0.15, 0.2) is 36.4 Å². The van der Waals surface area contributed by atoms with Gasteiger partial charge in [-0.3, -0.25) is 0 Å². The Morgan fingerprint density at radius 2 is 1.89 bits per heavy atom. The van der Waals surface area contributed by atoms with Gasteiger partial charge in [-0.15, -0.1) is 0 Å². The molecule has 0 bridgehead atoms. The lowest BCUT2D eigenvalue weighted by Gasteiger charge is -2.08. The van der Waals surface area contributed by atoms with E-state index in [1.54, 1.807) is 6.07 Å². The van der Waals surface area contributed by atoms with E-state index in [1.807, 2.05) is 0 Å². The monoisotopic (exact) mass is 265 g/mol. The van der Waals surface area contributed by atoms with Crippen molar-refractivity contribution in [1.82, 2.24) is 0 Å². The van der Waals surface area contributed by atoms with Crippen molar-refractivity contribution in [3.05, 3.63) is 58.6 Å². The van der Waals surface area contributed by atoms with Gasteiger partial charge in [0, 0.05) is 0 Å². The Bertz CT molecular complexity index is 637. The fraction of sp³-hybridized carbons (Fsp3) is 0. The molecule has 0 heterocycles. The summed E-state index contributed by atoms with van der Waals surface area (Å²) in [5.41, 5.74) is -0.0191. The Kier molecular flexibility index (Phi) is 3.45. The molecule has 0 aliphatic rings. The van der Waals surface area contributed by atoms with Crippen molar-refractivity contribution in [1.29, 1.82) is 5.26 Å². The molecule has 2 rings (SSSR count). The second-order valence-electron chi connectivity index (χ2n) is 3.41. The second-order valence-corrected chi connectivity index (χ2v) is 3.81. The molecule has 0 saturated carbocycles. The first kappa shape index (κ1) is 12.3. The van der Waals surface area contributed by atoms with Gasteiger partial charge >= 0.3 is 0 Å². The smallest absolute Gasteiger partial charge is 0.184 e. The van der Waals surface area contributed by atoms with Crippen LogP contribution in [0.2, 0.25) is 5.02 Å². The van der Waals surface area contributed by atoms with Crippen LogP contribution < -0.4 is 4.74 Å². The molecule has 5 heteroatoms. The highest BCUT2D eigenvalue weighted by molar-refractivity contribution is 6.30. The number of ether oxygens (including phenoxy) is 1. The van der Waals surface area contributed by atoms with Gasteiger partial charge in [0.05, 0.1) is 10.6 Å². The van der Waals surface area contributed by atoms with Crippen molar-refractivity contribution in [2.75, 3.05) is 0 Å². The molecular formula is C13H6ClF2NO. The van der Waals surface area contributed by atoms with Crippen LogP contribution in [0.3, 0.4) is 0 Å². The molecular weight excluding hydrogens is 260 g/mol. The third-order valence-corrected chi connectivity index (χ3v) is 2.49. The van der Waals surface area contributed by atoms with Crippen LogP contribution in [0.1, 0.15) is 5.56 Å². The van der Waals surface area contributed by atoms with Crippen molar-refractivity contribution in [2.45, 2.75) is 0 Å². The Labute approximate surface area is 107 Å². The van der Waals surface area contributed by atoms with Gasteiger partial charge < -0.3 is 4.74 Å². The molecule has 2 aromatic carbocycles. The van der Waals surface area contributed by atoms with Crippen molar-refractivity contribution >= 4 is 11.6 Å². The maximum Gasteiger partial charge on any atom is 0.184 e. The molecule has 0 saturated heterocycles. The van der Waals surface area contributed by atoms with Crippen LogP contribution in [0.25, 0.3) is 0 Å². The minimum Gasteiger partial charge on any atom is -0.453 e. The summed E-state index contributed by atoms with van der Waals surface area (Å²) < 4.78 is 31.7. The van der Waals surface area contributed by atoms with Crippen molar-refractivity contribution < 1.29 is 13.5 Å². The Morgan fingerprint density at radius 1 is 1.11 bits per heavy atom.